The first-order valence-electron chi connectivity index (χ1n) is 5.71. The number of rotatable bonds is 6. The van der Waals surface area contributed by atoms with Crippen molar-refractivity contribution < 1.29 is 19.3 Å². The van der Waals surface area contributed by atoms with Crippen molar-refractivity contribution in [1.82, 2.24) is 0 Å². The molecule has 4 nitrogen and oxygen atoms in total. The Hall–Kier alpha value is -0.780. The fourth-order valence-electron chi connectivity index (χ4n) is 1.87. The van der Waals surface area contributed by atoms with Crippen molar-refractivity contribution in [2.75, 3.05) is 21.3 Å². The number of benzene rings is 1. The normalized spacial score (nSPS) is 14.1. The highest BCUT2D eigenvalue weighted by atomic mass is 79.9. The molecule has 1 aromatic carbocycles. The molecule has 18 heavy (non-hydrogen) atoms. The lowest BCUT2D eigenvalue weighted by molar-refractivity contribution is -0.0159. The molecule has 0 radical (unpaired) electrons. The molecule has 0 aliphatic rings. The Morgan fingerprint density at radius 2 is 1.89 bits per heavy atom. The van der Waals surface area contributed by atoms with Crippen LogP contribution in [0.4, 0.5) is 0 Å². The average molecular weight is 319 g/mol. The van der Waals surface area contributed by atoms with Gasteiger partial charge >= 0.3 is 0 Å². The van der Waals surface area contributed by atoms with Crippen molar-refractivity contribution in [3.63, 3.8) is 0 Å². The predicted octanol–water partition coefficient (Wildman–Crippen LogP) is 2.92. The lowest BCUT2D eigenvalue weighted by Crippen LogP contribution is -2.20. The zero-order valence-corrected chi connectivity index (χ0v) is 12.7. The Bertz CT molecular complexity index is 391. The van der Waals surface area contributed by atoms with Gasteiger partial charge in [0.15, 0.2) is 0 Å². The summed E-state index contributed by atoms with van der Waals surface area (Å²) in [5, 5.41) is 10.3. The van der Waals surface area contributed by atoms with Gasteiger partial charge in [0.2, 0.25) is 0 Å². The topological polar surface area (TPSA) is 47.9 Å². The first-order chi connectivity index (χ1) is 8.60. The first kappa shape index (κ1) is 15.3. The molecule has 0 amide bonds. The maximum Gasteiger partial charge on any atom is 0.142 e. The van der Waals surface area contributed by atoms with Gasteiger partial charge in [-0.05, 0) is 34.5 Å². The lowest BCUT2D eigenvalue weighted by Gasteiger charge is -2.23. The summed E-state index contributed by atoms with van der Waals surface area (Å²) < 4.78 is 16.5. The van der Waals surface area contributed by atoms with E-state index in [9.17, 15) is 5.11 Å². The van der Waals surface area contributed by atoms with E-state index in [4.69, 9.17) is 14.2 Å². The average Bonchev–Trinajstić information content (AvgIpc) is 2.39. The summed E-state index contributed by atoms with van der Waals surface area (Å²) in [5.41, 5.74) is 0.680. The van der Waals surface area contributed by atoms with Crippen LogP contribution in [0.1, 0.15) is 25.0 Å². The van der Waals surface area contributed by atoms with E-state index in [0.29, 0.717) is 28.0 Å². The SMILES string of the molecule is CCC(OC)C(O)c1ccc(OC)c(Br)c1OC. The standard InChI is InChI=1S/C13H19BrO4/c1-5-9(16-2)12(15)8-6-7-10(17-3)11(14)13(8)18-4/h6-7,9,12,15H,5H2,1-4H3. The van der Waals surface area contributed by atoms with Gasteiger partial charge in [-0.15, -0.1) is 0 Å². The molecule has 0 fully saturated rings. The van der Waals surface area contributed by atoms with Crippen LogP contribution in [0.2, 0.25) is 0 Å². The van der Waals surface area contributed by atoms with Crippen LogP contribution in [0, 0.1) is 0 Å². The third-order valence-electron chi connectivity index (χ3n) is 2.89. The molecule has 0 bridgehead atoms. The lowest BCUT2D eigenvalue weighted by atomic mass is 10.0. The van der Waals surface area contributed by atoms with Gasteiger partial charge in [0.25, 0.3) is 0 Å². The van der Waals surface area contributed by atoms with Crippen molar-refractivity contribution >= 4 is 15.9 Å². The smallest absolute Gasteiger partial charge is 0.142 e. The van der Waals surface area contributed by atoms with Crippen LogP contribution in [-0.2, 0) is 4.74 Å². The molecule has 0 heterocycles. The number of ether oxygens (including phenoxy) is 3. The van der Waals surface area contributed by atoms with Gasteiger partial charge in [-0.3, -0.25) is 0 Å². The molecule has 1 N–H and O–H groups in total. The van der Waals surface area contributed by atoms with Crippen LogP contribution in [0.3, 0.4) is 0 Å². The third-order valence-corrected chi connectivity index (χ3v) is 3.64. The summed E-state index contributed by atoms with van der Waals surface area (Å²) in [6.07, 6.45) is -0.291. The minimum absolute atomic E-state index is 0.265. The Morgan fingerprint density at radius 3 is 2.33 bits per heavy atom. The molecule has 1 aromatic rings. The number of hydrogen-bond donors (Lipinski definition) is 1. The van der Waals surface area contributed by atoms with Crippen molar-refractivity contribution in [2.45, 2.75) is 25.6 Å². The van der Waals surface area contributed by atoms with Gasteiger partial charge in [0.05, 0.1) is 20.3 Å². The predicted molar refractivity (Wildman–Crippen MR) is 73.3 cm³/mol. The molecular weight excluding hydrogens is 300 g/mol. The van der Waals surface area contributed by atoms with Crippen molar-refractivity contribution in [1.29, 1.82) is 0 Å². The maximum atomic E-state index is 10.3. The minimum atomic E-state index is -0.739. The molecular formula is C13H19BrO4. The largest absolute Gasteiger partial charge is 0.495 e. The third kappa shape index (κ3) is 2.96. The zero-order valence-electron chi connectivity index (χ0n) is 11.1. The fourth-order valence-corrected chi connectivity index (χ4v) is 2.55. The quantitative estimate of drug-likeness (QED) is 0.876. The summed E-state index contributed by atoms with van der Waals surface area (Å²) in [6, 6.07) is 3.57. The maximum absolute atomic E-state index is 10.3. The highest BCUT2D eigenvalue weighted by Gasteiger charge is 2.24. The van der Waals surface area contributed by atoms with E-state index in [0.717, 1.165) is 0 Å². The summed E-state index contributed by atoms with van der Waals surface area (Å²) in [6.45, 7) is 1.96. The molecule has 5 heteroatoms. The molecule has 0 saturated heterocycles. The van der Waals surface area contributed by atoms with Crippen molar-refractivity contribution in [3.8, 4) is 11.5 Å². The summed E-state index contributed by atoms with van der Waals surface area (Å²) >= 11 is 3.41. The number of halogens is 1. The molecule has 2 unspecified atom stereocenters. The van der Waals surface area contributed by atoms with Gasteiger partial charge in [0, 0.05) is 12.7 Å². The summed E-state index contributed by atoms with van der Waals surface area (Å²) in [4.78, 5) is 0. The second-order valence-corrected chi connectivity index (χ2v) is 4.62. The van der Waals surface area contributed by atoms with Crippen LogP contribution < -0.4 is 9.47 Å². The first-order valence-corrected chi connectivity index (χ1v) is 6.51. The number of aliphatic hydroxyl groups is 1. The van der Waals surface area contributed by atoms with Gasteiger partial charge < -0.3 is 19.3 Å². The number of aliphatic hydroxyl groups excluding tert-OH is 1. The molecule has 0 aliphatic carbocycles. The van der Waals surface area contributed by atoms with Crippen LogP contribution in [-0.4, -0.2) is 32.5 Å². The molecule has 0 aromatic heterocycles. The highest BCUT2D eigenvalue weighted by Crippen LogP contribution is 2.40. The van der Waals surface area contributed by atoms with E-state index in [1.165, 1.54) is 0 Å². The Labute approximate surface area is 116 Å². The van der Waals surface area contributed by atoms with E-state index >= 15 is 0 Å². The summed E-state index contributed by atoms with van der Waals surface area (Å²) in [5.74, 6) is 1.23. The molecule has 0 spiro atoms. The fraction of sp³-hybridized carbons (Fsp3) is 0.538. The van der Waals surface area contributed by atoms with Crippen molar-refractivity contribution in [2.24, 2.45) is 0 Å². The van der Waals surface area contributed by atoms with Gasteiger partial charge in [-0.25, -0.2) is 0 Å². The zero-order chi connectivity index (χ0) is 13.7. The van der Waals surface area contributed by atoms with Crippen molar-refractivity contribution in [3.05, 3.63) is 22.2 Å². The molecule has 0 saturated carbocycles. The highest BCUT2D eigenvalue weighted by molar-refractivity contribution is 9.10. The Balaban J connectivity index is 3.20. The second kappa shape index (κ2) is 6.97. The van der Waals surface area contributed by atoms with Gasteiger partial charge in [-0.2, -0.15) is 0 Å². The molecule has 0 aliphatic heterocycles. The summed E-state index contributed by atoms with van der Waals surface area (Å²) in [7, 11) is 4.73. The van der Waals surface area contributed by atoms with Gasteiger partial charge in [0.1, 0.15) is 22.1 Å². The Kier molecular flexibility index (Phi) is 5.91. The van der Waals surface area contributed by atoms with Crippen LogP contribution in [0.15, 0.2) is 16.6 Å². The van der Waals surface area contributed by atoms with E-state index in [2.05, 4.69) is 15.9 Å². The van der Waals surface area contributed by atoms with Crippen LogP contribution in [0.5, 0.6) is 11.5 Å². The molecule has 2 atom stereocenters. The van der Waals surface area contributed by atoms with Gasteiger partial charge in [-0.1, -0.05) is 6.92 Å². The van der Waals surface area contributed by atoms with Crippen LogP contribution >= 0.6 is 15.9 Å². The minimum Gasteiger partial charge on any atom is -0.495 e. The molecule has 1 rings (SSSR count). The molecule has 102 valence electrons. The van der Waals surface area contributed by atoms with E-state index in [-0.39, 0.29) is 6.10 Å². The Morgan fingerprint density at radius 1 is 1.22 bits per heavy atom. The van der Waals surface area contributed by atoms with E-state index in [1.54, 1.807) is 33.5 Å². The number of hydrogen-bond acceptors (Lipinski definition) is 4. The second-order valence-electron chi connectivity index (χ2n) is 3.83. The van der Waals surface area contributed by atoms with Crippen LogP contribution in [0.25, 0.3) is 0 Å². The number of methoxy groups -OCH3 is 3. The van der Waals surface area contributed by atoms with E-state index in [1.807, 2.05) is 6.92 Å². The monoisotopic (exact) mass is 318 g/mol. The van der Waals surface area contributed by atoms with E-state index < -0.39 is 6.10 Å².